The monoisotopic (exact) mass is 613 g/mol. The molecule has 0 fully saturated rings. The molecule has 0 heterocycles. The van der Waals surface area contributed by atoms with Crippen LogP contribution in [0.15, 0.2) is 78.9 Å². The molecule has 3 aromatic rings. The summed E-state index contributed by atoms with van der Waals surface area (Å²) >= 11 is 6.10. The van der Waals surface area contributed by atoms with Crippen molar-refractivity contribution in [2.75, 3.05) is 23.7 Å². The summed E-state index contributed by atoms with van der Waals surface area (Å²) in [6, 6.07) is 22.8. The molecular weight excluding hydrogens is 574 g/mol. The van der Waals surface area contributed by atoms with Crippen LogP contribution < -0.4 is 14.4 Å². The molecule has 42 heavy (non-hydrogen) atoms. The van der Waals surface area contributed by atoms with Crippen LogP contribution in [0.4, 0.5) is 5.69 Å². The molecule has 0 aromatic heterocycles. The lowest BCUT2D eigenvalue weighted by Gasteiger charge is -2.32. The number of carbonyl (C=O) groups excluding carboxylic acids is 2. The molecule has 0 saturated carbocycles. The summed E-state index contributed by atoms with van der Waals surface area (Å²) in [5, 5.41) is 3.54. The van der Waals surface area contributed by atoms with E-state index < -0.39 is 16.1 Å². The van der Waals surface area contributed by atoms with Gasteiger partial charge in [-0.15, -0.1) is 0 Å². The summed E-state index contributed by atoms with van der Waals surface area (Å²) in [5.74, 6) is -0.0506. The number of nitrogens with zero attached hydrogens (tertiary/aromatic N) is 2. The molecule has 10 heteroatoms. The molecule has 8 nitrogen and oxygen atoms in total. The first kappa shape index (κ1) is 32.9. The van der Waals surface area contributed by atoms with Crippen LogP contribution in [0.1, 0.15) is 44.7 Å². The van der Waals surface area contributed by atoms with E-state index in [0.29, 0.717) is 29.5 Å². The van der Waals surface area contributed by atoms with Gasteiger partial charge in [-0.05, 0) is 62.6 Å². The van der Waals surface area contributed by atoms with Crippen LogP contribution in [0.2, 0.25) is 5.02 Å². The number of halogens is 1. The number of para-hydroxylation sites is 2. The number of ether oxygens (including phenoxy) is 1. The highest BCUT2D eigenvalue weighted by molar-refractivity contribution is 7.92. The fraction of sp³-hybridized carbons (Fsp3) is 0.375. The SMILES string of the molecule is CCOc1ccccc1N(CCCC(=O)N(Cc1ccc(Cl)cc1)[C@H](Cc1ccccc1)C(=O)NC(C)C)S(C)(=O)=O. The van der Waals surface area contributed by atoms with Gasteiger partial charge in [-0.2, -0.15) is 0 Å². The molecular formula is C32H40ClN3O5S. The van der Waals surface area contributed by atoms with Gasteiger partial charge in [0.25, 0.3) is 0 Å². The van der Waals surface area contributed by atoms with Gasteiger partial charge in [0.1, 0.15) is 11.8 Å². The first-order chi connectivity index (χ1) is 20.0. The van der Waals surface area contributed by atoms with Crippen molar-refractivity contribution in [1.29, 1.82) is 0 Å². The molecule has 3 rings (SSSR count). The molecule has 1 atom stereocenters. The fourth-order valence-electron chi connectivity index (χ4n) is 4.64. The van der Waals surface area contributed by atoms with Crippen molar-refractivity contribution in [2.24, 2.45) is 0 Å². The van der Waals surface area contributed by atoms with Crippen molar-refractivity contribution in [3.63, 3.8) is 0 Å². The third-order valence-corrected chi connectivity index (χ3v) is 7.99. The van der Waals surface area contributed by atoms with E-state index in [1.807, 2.05) is 63.2 Å². The van der Waals surface area contributed by atoms with E-state index in [1.165, 1.54) is 4.31 Å². The van der Waals surface area contributed by atoms with Crippen molar-refractivity contribution < 1.29 is 22.7 Å². The molecule has 0 unspecified atom stereocenters. The Kier molecular flexibility index (Phi) is 12.2. The molecule has 226 valence electrons. The highest BCUT2D eigenvalue weighted by atomic mass is 35.5. The second-order valence-corrected chi connectivity index (χ2v) is 12.7. The van der Waals surface area contributed by atoms with Gasteiger partial charge in [-0.1, -0.05) is 66.2 Å². The lowest BCUT2D eigenvalue weighted by atomic mass is 10.0. The Morgan fingerprint density at radius 2 is 1.57 bits per heavy atom. The molecule has 0 bridgehead atoms. The average Bonchev–Trinajstić information content (AvgIpc) is 2.94. The van der Waals surface area contributed by atoms with Gasteiger partial charge in [-0.3, -0.25) is 13.9 Å². The van der Waals surface area contributed by atoms with Gasteiger partial charge in [0.2, 0.25) is 21.8 Å². The minimum atomic E-state index is -3.66. The van der Waals surface area contributed by atoms with E-state index in [1.54, 1.807) is 41.3 Å². The number of benzene rings is 3. The molecule has 2 amide bonds. The third-order valence-electron chi connectivity index (χ3n) is 6.55. The van der Waals surface area contributed by atoms with E-state index in [2.05, 4.69) is 5.32 Å². The minimum absolute atomic E-state index is 0.0384. The van der Waals surface area contributed by atoms with E-state index in [9.17, 15) is 18.0 Å². The van der Waals surface area contributed by atoms with E-state index in [0.717, 1.165) is 17.4 Å². The van der Waals surface area contributed by atoms with Crippen LogP contribution in [0.3, 0.4) is 0 Å². The van der Waals surface area contributed by atoms with Crippen molar-refractivity contribution in [1.82, 2.24) is 10.2 Å². The first-order valence-electron chi connectivity index (χ1n) is 14.1. The van der Waals surface area contributed by atoms with Crippen LogP contribution in [0.25, 0.3) is 0 Å². The number of carbonyl (C=O) groups is 2. The van der Waals surface area contributed by atoms with Crippen LogP contribution >= 0.6 is 11.6 Å². The third kappa shape index (κ3) is 9.77. The summed E-state index contributed by atoms with van der Waals surface area (Å²) in [6.45, 7) is 6.24. The topological polar surface area (TPSA) is 96.0 Å². The number of amides is 2. The summed E-state index contributed by atoms with van der Waals surface area (Å²) in [6.07, 6.45) is 1.75. The maximum atomic E-state index is 13.9. The van der Waals surface area contributed by atoms with Crippen molar-refractivity contribution in [3.8, 4) is 5.75 Å². The Balaban J connectivity index is 1.89. The molecule has 3 aromatic carbocycles. The summed E-state index contributed by atoms with van der Waals surface area (Å²) in [4.78, 5) is 29.0. The number of hydrogen-bond acceptors (Lipinski definition) is 5. The maximum Gasteiger partial charge on any atom is 0.243 e. The Bertz CT molecular complexity index is 1420. The van der Waals surface area contributed by atoms with Gasteiger partial charge in [0.15, 0.2) is 0 Å². The predicted octanol–water partition coefficient (Wildman–Crippen LogP) is 5.45. The van der Waals surface area contributed by atoms with Crippen molar-refractivity contribution in [2.45, 2.75) is 58.7 Å². The molecule has 1 N–H and O–H groups in total. The number of nitrogens with one attached hydrogen (secondary N) is 1. The molecule has 0 saturated heterocycles. The van der Waals surface area contributed by atoms with Crippen LogP contribution in [-0.4, -0.2) is 56.6 Å². The quantitative estimate of drug-likeness (QED) is 0.246. The van der Waals surface area contributed by atoms with Crippen LogP contribution in [0, 0.1) is 0 Å². The zero-order valence-electron chi connectivity index (χ0n) is 24.6. The second-order valence-electron chi connectivity index (χ2n) is 10.4. The molecule has 0 aliphatic carbocycles. The zero-order valence-corrected chi connectivity index (χ0v) is 26.2. The predicted molar refractivity (Wildman–Crippen MR) is 168 cm³/mol. The number of anilines is 1. The Morgan fingerprint density at radius 1 is 0.929 bits per heavy atom. The second kappa shape index (κ2) is 15.6. The van der Waals surface area contributed by atoms with Crippen molar-refractivity contribution >= 4 is 39.1 Å². The minimum Gasteiger partial charge on any atom is -0.492 e. The van der Waals surface area contributed by atoms with E-state index in [-0.39, 0.29) is 43.8 Å². The highest BCUT2D eigenvalue weighted by Gasteiger charge is 2.31. The summed E-state index contributed by atoms with van der Waals surface area (Å²) in [7, 11) is -3.66. The largest absolute Gasteiger partial charge is 0.492 e. The lowest BCUT2D eigenvalue weighted by Crippen LogP contribution is -2.51. The zero-order chi connectivity index (χ0) is 30.7. The maximum absolute atomic E-state index is 13.9. The lowest BCUT2D eigenvalue weighted by molar-refractivity contribution is -0.141. The molecule has 0 spiro atoms. The summed E-state index contributed by atoms with van der Waals surface area (Å²) < 4.78 is 32.5. The molecule has 0 aliphatic heterocycles. The number of hydrogen-bond donors (Lipinski definition) is 1. The fourth-order valence-corrected chi connectivity index (χ4v) is 5.74. The van der Waals surface area contributed by atoms with Crippen LogP contribution in [0.5, 0.6) is 5.75 Å². The summed E-state index contributed by atoms with van der Waals surface area (Å²) in [5.41, 5.74) is 2.17. The number of sulfonamides is 1. The molecule has 0 radical (unpaired) electrons. The Morgan fingerprint density at radius 3 is 2.19 bits per heavy atom. The standard InChI is InChI=1S/C32H40ClN3O5S/c1-5-41-30-15-10-9-14-28(30)36(42(4,39)40)21-11-16-31(37)35(23-26-17-19-27(33)20-18-26)29(32(38)34-24(2)3)22-25-12-7-6-8-13-25/h6-10,12-15,17-20,24,29H,5,11,16,21-23H2,1-4H3,(H,34,38)/t29-/m1/s1. The van der Waals surface area contributed by atoms with Gasteiger partial charge in [0, 0.05) is 37.0 Å². The average molecular weight is 614 g/mol. The van der Waals surface area contributed by atoms with Gasteiger partial charge < -0.3 is 15.0 Å². The smallest absolute Gasteiger partial charge is 0.243 e. The van der Waals surface area contributed by atoms with Crippen LogP contribution in [-0.2, 0) is 32.6 Å². The highest BCUT2D eigenvalue weighted by Crippen LogP contribution is 2.30. The Labute approximate surface area is 254 Å². The van der Waals surface area contributed by atoms with Gasteiger partial charge >= 0.3 is 0 Å². The Hall–Kier alpha value is -3.56. The van der Waals surface area contributed by atoms with Gasteiger partial charge in [-0.25, -0.2) is 8.42 Å². The van der Waals surface area contributed by atoms with Crippen molar-refractivity contribution in [3.05, 3.63) is 95.0 Å². The van der Waals surface area contributed by atoms with E-state index >= 15 is 0 Å². The van der Waals surface area contributed by atoms with Gasteiger partial charge in [0.05, 0.1) is 18.6 Å². The number of rotatable bonds is 15. The molecule has 0 aliphatic rings. The van der Waals surface area contributed by atoms with E-state index in [4.69, 9.17) is 16.3 Å². The normalized spacial score (nSPS) is 12.0. The first-order valence-corrected chi connectivity index (χ1v) is 16.3.